The second-order valence-electron chi connectivity index (χ2n) is 9.10. The van der Waals surface area contributed by atoms with E-state index in [0.717, 1.165) is 48.2 Å². The lowest BCUT2D eigenvalue weighted by Crippen LogP contribution is -2.61. The van der Waals surface area contributed by atoms with Gasteiger partial charge in [-0.1, -0.05) is 0 Å². The van der Waals surface area contributed by atoms with Crippen LogP contribution in [-0.4, -0.2) is 50.9 Å². The fourth-order valence-electron chi connectivity index (χ4n) is 6.11. The average Bonchev–Trinajstić information content (AvgIpc) is 2.63. The van der Waals surface area contributed by atoms with E-state index in [9.17, 15) is 4.79 Å². The van der Waals surface area contributed by atoms with Gasteiger partial charge in [-0.2, -0.15) is 0 Å². The van der Waals surface area contributed by atoms with Gasteiger partial charge >= 0.3 is 0 Å². The number of ketones is 1. The third kappa shape index (κ3) is 1.86. The quantitative estimate of drug-likeness (QED) is 0.763. The molecule has 0 aromatic heterocycles. The number of carbonyl (C=O) groups excluding carboxylic acids is 1. The molecule has 26 heavy (non-hydrogen) atoms. The Morgan fingerprint density at radius 3 is 2.77 bits per heavy atom. The zero-order valence-corrected chi connectivity index (χ0v) is 16.2. The summed E-state index contributed by atoms with van der Waals surface area (Å²) >= 11 is 0. The summed E-state index contributed by atoms with van der Waals surface area (Å²) in [5.74, 6) is 0.443. The molecule has 0 unspecified atom stereocenters. The molecular weight excluding hydrogens is 330 g/mol. The van der Waals surface area contributed by atoms with Crippen molar-refractivity contribution in [2.45, 2.75) is 55.8 Å². The van der Waals surface area contributed by atoms with Gasteiger partial charge in [0.25, 0.3) is 5.79 Å². The number of likely N-dealkylation sites (N-methyl/N-ethyl adjacent to an activating group) is 1. The Bertz CT molecular complexity index is 817. The molecule has 2 heterocycles. The standard InChI is InChI=1S/C21H28NO4/c1-22(2)10-7-13-11-15(24-3)19-18-17(13)14(22)5-8-20(18)9-6-16(23)21(12-20,25-4)26-19/h11,14H,5-10,12H2,1-4H3/q+1/t14-,20-,21-/m1/s1. The van der Waals surface area contributed by atoms with E-state index in [1.54, 1.807) is 14.2 Å². The maximum Gasteiger partial charge on any atom is 0.271 e. The second-order valence-corrected chi connectivity index (χ2v) is 9.10. The van der Waals surface area contributed by atoms with Gasteiger partial charge in [0.05, 0.1) is 27.7 Å². The Morgan fingerprint density at radius 2 is 2.04 bits per heavy atom. The van der Waals surface area contributed by atoms with Crippen LogP contribution in [0.1, 0.15) is 54.8 Å². The highest BCUT2D eigenvalue weighted by Crippen LogP contribution is 2.63. The molecule has 0 N–H and O–H groups in total. The summed E-state index contributed by atoms with van der Waals surface area (Å²) in [6.45, 7) is 1.15. The monoisotopic (exact) mass is 358 g/mol. The van der Waals surface area contributed by atoms with E-state index in [1.807, 2.05) is 0 Å². The van der Waals surface area contributed by atoms with Crippen LogP contribution in [0.3, 0.4) is 0 Å². The SMILES string of the molecule is COc1cc2c3c4c1O[C@]1(OC)C[C@]4(CCC1=O)CC[C@H]3[N+](C)(C)CC2. The second kappa shape index (κ2) is 5.02. The van der Waals surface area contributed by atoms with Crippen LogP contribution in [0.25, 0.3) is 0 Å². The number of nitrogens with zero attached hydrogens (tertiary/aromatic N) is 1. The molecule has 0 radical (unpaired) electrons. The van der Waals surface area contributed by atoms with E-state index in [4.69, 9.17) is 14.2 Å². The van der Waals surface area contributed by atoms with E-state index in [-0.39, 0.29) is 11.2 Å². The van der Waals surface area contributed by atoms with Crippen LogP contribution < -0.4 is 9.47 Å². The Morgan fingerprint density at radius 1 is 1.23 bits per heavy atom. The molecule has 0 saturated heterocycles. The normalized spacial score (nSPS) is 36.2. The topological polar surface area (TPSA) is 44.8 Å². The van der Waals surface area contributed by atoms with E-state index in [2.05, 4.69) is 20.2 Å². The lowest BCUT2D eigenvalue weighted by atomic mass is 9.57. The molecule has 4 aliphatic rings. The minimum absolute atomic E-state index is 0.0238. The van der Waals surface area contributed by atoms with Crippen molar-refractivity contribution < 1.29 is 23.5 Å². The fourth-order valence-corrected chi connectivity index (χ4v) is 6.11. The van der Waals surface area contributed by atoms with Crippen molar-refractivity contribution in [2.24, 2.45) is 0 Å². The molecular formula is C21H28NO4+. The first-order chi connectivity index (χ1) is 12.4. The molecule has 1 fully saturated rings. The maximum atomic E-state index is 12.7. The fraction of sp³-hybridized carbons (Fsp3) is 0.667. The molecule has 1 aromatic carbocycles. The van der Waals surface area contributed by atoms with Gasteiger partial charge in [0.2, 0.25) is 5.78 Å². The van der Waals surface area contributed by atoms with Gasteiger partial charge in [-0.3, -0.25) is 4.79 Å². The number of Topliss-reactive ketones (excluding diaryl/α,β-unsaturated/α-hetero) is 1. The predicted molar refractivity (Wildman–Crippen MR) is 96.6 cm³/mol. The highest BCUT2D eigenvalue weighted by atomic mass is 16.7. The van der Waals surface area contributed by atoms with Gasteiger partial charge in [0, 0.05) is 49.3 Å². The Hall–Kier alpha value is -1.59. The van der Waals surface area contributed by atoms with E-state index in [1.165, 1.54) is 16.7 Å². The first kappa shape index (κ1) is 16.6. The van der Waals surface area contributed by atoms with Gasteiger partial charge in [-0.05, 0) is 24.5 Å². The molecule has 5 nitrogen and oxygen atoms in total. The highest BCUT2D eigenvalue weighted by Gasteiger charge is 2.62. The van der Waals surface area contributed by atoms with E-state index in [0.29, 0.717) is 18.9 Å². The lowest BCUT2D eigenvalue weighted by molar-refractivity contribution is -0.924. The van der Waals surface area contributed by atoms with Crippen molar-refractivity contribution in [3.8, 4) is 11.5 Å². The van der Waals surface area contributed by atoms with Crippen molar-refractivity contribution >= 4 is 5.78 Å². The smallest absolute Gasteiger partial charge is 0.271 e. The van der Waals surface area contributed by atoms with Crippen LogP contribution in [0.15, 0.2) is 6.07 Å². The number of methoxy groups -OCH3 is 2. The highest BCUT2D eigenvalue weighted by molar-refractivity contribution is 5.89. The summed E-state index contributed by atoms with van der Waals surface area (Å²) in [6, 6.07) is 2.65. The molecule has 1 aromatic rings. The van der Waals surface area contributed by atoms with E-state index >= 15 is 0 Å². The lowest BCUT2D eigenvalue weighted by Gasteiger charge is -2.56. The van der Waals surface area contributed by atoms with Crippen molar-refractivity contribution in [3.63, 3.8) is 0 Å². The zero-order valence-electron chi connectivity index (χ0n) is 16.2. The molecule has 1 saturated carbocycles. The van der Waals surface area contributed by atoms with Crippen LogP contribution in [0.4, 0.5) is 0 Å². The van der Waals surface area contributed by atoms with Crippen molar-refractivity contribution in [3.05, 3.63) is 22.8 Å². The molecule has 5 heteroatoms. The molecule has 2 aliphatic carbocycles. The van der Waals surface area contributed by atoms with Crippen LogP contribution in [0.5, 0.6) is 11.5 Å². The molecule has 2 aliphatic heterocycles. The van der Waals surface area contributed by atoms with E-state index < -0.39 is 5.79 Å². The van der Waals surface area contributed by atoms with Crippen molar-refractivity contribution in [2.75, 3.05) is 34.9 Å². The summed E-state index contributed by atoms with van der Waals surface area (Å²) in [5.41, 5.74) is 4.19. The number of rotatable bonds is 2. The first-order valence-electron chi connectivity index (χ1n) is 9.70. The summed E-state index contributed by atoms with van der Waals surface area (Å²) in [7, 11) is 7.97. The number of quaternary nitrogens is 1. The first-order valence-corrected chi connectivity index (χ1v) is 9.70. The number of carbonyl (C=O) groups is 1. The van der Waals surface area contributed by atoms with Crippen LogP contribution in [0, 0.1) is 0 Å². The third-order valence-electron chi connectivity index (χ3n) is 7.58. The number of fused-ring (bicyclic) bond motifs is 1. The van der Waals surface area contributed by atoms with Gasteiger partial charge in [0.1, 0.15) is 6.04 Å². The minimum Gasteiger partial charge on any atom is -0.493 e. The molecule has 2 bridgehead atoms. The van der Waals surface area contributed by atoms with Crippen LogP contribution in [-0.2, 0) is 21.4 Å². The Balaban J connectivity index is 1.82. The zero-order chi connectivity index (χ0) is 18.3. The minimum atomic E-state index is -1.14. The summed E-state index contributed by atoms with van der Waals surface area (Å²) in [6.07, 6.45) is 5.38. The number of ether oxygens (including phenoxy) is 3. The van der Waals surface area contributed by atoms with Crippen molar-refractivity contribution in [1.82, 2.24) is 0 Å². The number of hydrogen-bond acceptors (Lipinski definition) is 4. The molecule has 140 valence electrons. The van der Waals surface area contributed by atoms with Crippen molar-refractivity contribution in [1.29, 1.82) is 0 Å². The van der Waals surface area contributed by atoms with Crippen LogP contribution in [0.2, 0.25) is 0 Å². The Labute approximate surface area is 154 Å². The summed E-state index contributed by atoms with van der Waals surface area (Å²) in [5, 5.41) is 0. The number of benzene rings is 1. The van der Waals surface area contributed by atoms with Gasteiger partial charge in [-0.15, -0.1) is 0 Å². The molecule has 0 amide bonds. The average molecular weight is 358 g/mol. The van der Waals surface area contributed by atoms with Crippen LogP contribution >= 0.6 is 0 Å². The maximum absolute atomic E-state index is 12.7. The predicted octanol–water partition coefficient (Wildman–Crippen LogP) is 2.89. The Kier molecular flexibility index (Phi) is 3.20. The largest absolute Gasteiger partial charge is 0.493 e. The summed E-state index contributed by atoms with van der Waals surface area (Å²) in [4.78, 5) is 12.7. The van der Waals surface area contributed by atoms with Gasteiger partial charge in [0.15, 0.2) is 11.5 Å². The summed E-state index contributed by atoms with van der Waals surface area (Å²) < 4.78 is 18.8. The number of hydrogen-bond donors (Lipinski definition) is 0. The van der Waals surface area contributed by atoms with Gasteiger partial charge in [-0.25, -0.2) is 0 Å². The molecule has 1 spiro atoms. The molecule has 5 rings (SSSR count). The van der Waals surface area contributed by atoms with Gasteiger partial charge < -0.3 is 18.7 Å². The third-order valence-corrected chi connectivity index (χ3v) is 7.58. The molecule has 3 atom stereocenters.